The molecule has 1 aromatic rings. The number of amides is 2. The van der Waals surface area contributed by atoms with E-state index in [0.29, 0.717) is 35.4 Å². The highest BCUT2D eigenvalue weighted by Crippen LogP contribution is 2.29. The van der Waals surface area contributed by atoms with Crippen LogP contribution in [0.3, 0.4) is 0 Å². The van der Waals surface area contributed by atoms with Gasteiger partial charge in [-0.3, -0.25) is 9.59 Å². The summed E-state index contributed by atoms with van der Waals surface area (Å²) in [6.07, 6.45) is 0.942. The third-order valence-corrected chi connectivity index (χ3v) is 5.77. The number of nitrogens with one attached hydrogen (secondary N) is 2. The van der Waals surface area contributed by atoms with Crippen molar-refractivity contribution < 1.29 is 14.5 Å². The maximum absolute atomic E-state index is 12.4. The minimum absolute atomic E-state index is 0.0859. The Morgan fingerprint density at radius 2 is 2.00 bits per heavy atom. The number of rotatable bonds is 7. The van der Waals surface area contributed by atoms with Gasteiger partial charge in [-0.25, -0.2) is 0 Å². The Morgan fingerprint density at radius 1 is 1.28 bits per heavy atom. The molecule has 25 heavy (non-hydrogen) atoms. The fraction of sp³-hybridized carbons (Fsp3) is 0.529. The van der Waals surface area contributed by atoms with E-state index in [-0.39, 0.29) is 11.8 Å². The number of piperazine rings is 1. The monoisotopic (exact) mass is 404 g/mol. The maximum Gasteiger partial charge on any atom is 0.275 e. The quantitative estimate of drug-likeness (QED) is 0.674. The highest BCUT2D eigenvalue weighted by molar-refractivity contribution is 8.00. The first kappa shape index (κ1) is 20.4. The second-order valence-corrected chi connectivity index (χ2v) is 7.88. The number of carbonyl (C=O) groups excluding carboxylic acids is 2. The van der Waals surface area contributed by atoms with Crippen LogP contribution in [0, 0.1) is 0 Å². The summed E-state index contributed by atoms with van der Waals surface area (Å²) < 4.78 is 0. The average molecular weight is 405 g/mol. The topological polar surface area (TPSA) is 53.9 Å². The summed E-state index contributed by atoms with van der Waals surface area (Å²) in [6.45, 7) is 6.20. The van der Waals surface area contributed by atoms with Gasteiger partial charge >= 0.3 is 0 Å². The van der Waals surface area contributed by atoms with Crippen LogP contribution in [-0.4, -0.2) is 61.7 Å². The summed E-state index contributed by atoms with van der Waals surface area (Å²) in [6, 6.07) is 5.25. The van der Waals surface area contributed by atoms with Crippen molar-refractivity contribution in [1.29, 1.82) is 0 Å². The summed E-state index contributed by atoms with van der Waals surface area (Å²) >= 11 is 13.5. The highest BCUT2D eigenvalue weighted by Gasteiger charge is 2.25. The number of hydrogen-bond donors (Lipinski definition) is 2. The number of quaternary nitrogens is 1. The second-order valence-electron chi connectivity index (χ2n) is 6.02. The predicted molar refractivity (Wildman–Crippen MR) is 103 cm³/mol. The van der Waals surface area contributed by atoms with E-state index < -0.39 is 0 Å². The molecule has 0 aliphatic carbocycles. The fourth-order valence-corrected chi connectivity index (χ4v) is 4.02. The Morgan fingerprint density at radius 3 is 2.68 bits per heavy atom. The summed E-state index contributed by atoms with van der Waals surface area (Å²) in [5.74, 6) is 0.519. The van der Waals surface area contributed by atoms with E-state index in [1.54, 1.807) is 18.2 Å². The van der Waals surface area contributed by atoms with Crippen LogP contribution < -0.4 is 10.2 Å². The molecular formula is C17H24Cl2N3O2S+. The van der Waals surface area contributed by atoms with Crippen LogP contribution >= 0.6 is 35.0 Å². The van der Waals surface area contributed by atoms with E-state index in [0.717, 1.165) is 31.0 Å². The molecule has 0 bridgehead atoms. The first-order valence-corrected chi connectivity index (χ1v) is 10.2. The Hall–Kier alpha value is -0.950. The molecule has 0 saturated carbocycles. The molecule has 1 aliphatic rings. The summed E-state index contributed by atoms with van der Waals surface area (Å²) in [7, 11) is 0. The number of halogens is 2. The van der Waals surface area contributed by atoms with Crippen molar-refractivity contribution in [1.82, 2.24) is 10.2 Å². The van der Waals surface area contributed by atoms with Gasteiger partial charge < -0.3 is 15.1 Å². The molecular weight excluding hydrogens is 381 g/mol. The molecule has 1 heterocycles. The van der Waals surface area contributed by atoms with Gasteiger partial charge in [-0.1, -0.05) is 30.1 Å². The van der Waals surface area contributed by atoms with Crippen LogP contribution in [0.5, 0.6) is 0 Å². The molecule has 2 rings (SSSR count). The third kappa shape index (κ3) is 6.70. The predicted octanol–water partition coefficient (Wildman–Crippen LogP) is 1.34. The lowest BCUT2D eigenvalue weighted by Crippen LogP contribution is -3.15. The summed E-state index contributed by atoms with van der Waals surface area (Å²) in [5, 5.41) is 4.11. The molecule has 2 N–H and O–H groups in total. The minimum Gasteiger partial charge on any atom is -0.351 e. The fourth-order valence-electron chi connectivity index (χ4n) is 2.62. The van der Waals surface area contributed by atoms with Gasteiger partial charge in [0.25, 0.3) is 5.91 Å². The number of nitrogens with zero attached hydrogens (tertiary/aromatic N) is 1. The van der Waals surface area contributed by atoms with E-state index in [1.165, 1.54) is 16.7 Å². The van der Waals surface area contributed by atoms with Gasteiger partial charge in [0.1, 0.15) is 0 Å². The Balaban J connectivity index is 1.74. The Bertz CT molecular complexity index is 608. The van der Waals surface area contributed by atoms with Crippen molar-refractivity contribution in [2.24, 2.45) is 0 Å². The van der Waals surface area contributed by atoms with Crippen molar-refractivity contribution in [3.8, 4) is 0 Å². The van der Waals surface area contributed by atoms with Gasteiger partial charge in [0.05, 0.1) is 37.0 Å². The number of benzene rings is 1. The lowest BCUT2D eigenvalue weighted by molar-refractivity contribution is -0.896. The zero-order chi connectivity index (χ0) is 18.2. The van der Waals surface area contributed by atoms with Crippen molar-refractivity contribution >= 4 is 46.8 Å². The molecule has 1 aromatic carbocycles. The van der Waals surface area contributed by atoms with Crippen LogP contribution in [0.2, 0.25) is 10.0 Å². The molecule has 8 heteroatoms. The van der Waals surface area contributed by atoms with Gasteiger partial charge in [-0.05, 0) is 24.6 Å². The molecule has 0 aromatic heterocycles. The van der Waals surface area contributed by atoms with Crippen molar-refractivity contribution in [2.75, 3.05) is 45.0 Å². The summed E-state index contributed by atoms with van der Waals surface area (Å²) in [5.41, 5.74) is 0. The van der Waals surface area contributed by atoms with Gasteiger partial charge in [-0.2, -0.15) is 0 Å². The number of hydrogen-bond acceptors (Lipinski definition) is 3. The molecule has 138 valence electrons. The van der Waals surface area contributed by atoms with Gasteiger partial charge in [0, 0.05) is 16.5 Å². The Kier molecular flexibility index (Phi) is 8.36. The number of carbonyl (C=O) groups is 2. The normalized spacial score (nSPS) is 15.2. The lowest BCUT2D eigenvalue weighted by atomic mass is 10.3. The highest BCUT2D eigenvalue weighted by atomic mass is 35.5. The van der Waals surface area contributed by atoms with E-state index in [1.807, 2.05) is 11.8 Å². The molecule has 1 fully saturated rings. The number of thioether (sulfide) groups is 1. The molecule has 0 spiro atoms. The van der Waals surface area contributed by atoms with Crippen LogP contribution in [0.4, 0.5) is 0 Å². The molecule has 1 aliphatic heterocycles. The summed E-state index contributed by atoms with van der Waals surface area (Å²) in [4.78, 5) is 28.0. The van der Waals surface area contributed by atoms with Gasteiger partial charge in [0.2, 0.25) is 5.91 Å². The van der Waals surface area contributed by atoms with Gasteiger partial charge in [0.15, 0.2) is 6.54 Å². The molecule has 0 radical (unpaired) electrons. The first-order chi connectivity index (χ1) is 12.0. The van der Waals surface area contributed by atoms with Crippen LogP contribution in [0.15, 0.2) is 23.1 Å². The Labute approximate surface area is 163 Å². The van der Waals surface area contributed by atoms with E-state index >= 15 is 0 Å². The van der Waals surface area contributed by atoms with Crippen molar-refractivity contribution in [3.63, 3.8) is 0 Å². The maximum atomic E-state index is 12.4. The van der Waals surface area contributed by atoms with Crippen LogP contribution in [0.1, 0.15) is 13.3 Å². The SMILES string of the molecule is CCCNC(=O)C[NH+]1CCN(C(=O)CSc2cc(Cl)ccc2Cl)CC1. The minimum atomic E-state index is 0.0859. The molecule has 5 nitrogen and oxygen atoms in total. The van der Waals surface area contributed by atoms with Crippen molar-refractivity contribution in [2.45, 2.75) is 18.2 Å². The standard InChI is InChI=1S/C17H23Cl2N3O2S/c1-2-5-20-16(23)11-21-6-8-22(9-7-21)17(24)12-25-15-10-13(18)3-4-14(15)19/h3-4,10H,2,5-9,11-12H2,1H3,(H,20,23)/p+1. The smallest absolute Gasteiger partial charge is 0.275 e. The molecule has 0 atom stereocenters. The van der Waals surface area contributed by atoms with E-state index in [9.17, 15) is 9.59 Å². The second kappa shape index (κ2) is 10.3. The van der Waals surface area contributed by atoms with E-state index in [4.69, 9.17) is 23.2 Å². The zero-order valence-corrected chi connectivity index (χ0v) is 16.6. The first-order valence-electron chi connectivity index (χ1n) is 8.45. The van der Waals surface area contributed by atoms with Crippen LogP contribution in [0.25, 0.3) is 0 Å². The lowest BCUT2D eigenvalue weighted by Gasteiger charge is -2.31. The van der Waals surface area contributed by atoms with Gasteiger partial charge in [-0.15, -0.1) is 11.8 Å². The third-order valence-electron chi connectivity index (χ3n) is 4.05. The van der Waals surface area contributed by atoms with E-state index in [2.05, 4.69) is 5.32 Å². The average Bonchev–Trinajstić information content (AvgIpc) is 2.61. The molecule has 0 unspecified atom stereocenters. The largest absolute Gasteiger partial charge is 0.351 e. The van der Waals surface area contributed by atoms with Crippen molar-refractivity contribution in [3.05, 3.63) is 28.2 Å². The molecule has 1 saturated heterocycles. The molecule has 2 amide bonds. The zero-order valence-electron chi connectivity index (χ0n) is 14.3. The van der Waals surface area contributed by atoms with Crippen LogP contribution in [-0.2, 0) is 9.59 Å².